The molecule has 2 nitrogen and oxygen atoms in total. The van der Waals surface area contributed by atoms with Gasteiger partial charge in [0, 0.05) is 12.6 Å². The predicted molar refractivity (Wildman–Crippen MR) is 51.3 cm³/mol. The Morgan fingerprint density at radius 3 is 2.21 bits per heavy atom. The van der Waals surface area contributed by atoms with Gasteiger partial charge in [0.15, 0.2) is 0 Å². The van der Waals surface area contributed by atoms with Gasteiger partial charge >= 0.3 is 0 Å². The molecule has 2 aliphatic rings. The molecule has 2 rings (SSSR count). The molecule has 0 aromatic carbocycles. The number of rotatable bonds is 2. The zero-order chi connectivity index (χ0) is 10.2. The van der Waals surface area contributed by atoms with Crippen LogP contribution in [0.5, 0.6) is 0 Å². The third-order valence-electron chi connectivity index (χ3n) is 3.32. The van der Waals surface area contributed by atoms with Crippen LogP contribution >= 0.6 is 0 Å². The molecule has 0 spiro atoms. The largest absolute Gasteiger partial charge is 0.328 e. The van der Waals surface area contributed by atoms with Crippen LogP contribution in [0.15, 0.2) is 0 Å². The van der Waals surface area contributed by atoms with Crippen molar-refractivity contribution in [2.75, 3.05) is 19.6 Å². The van der Waals surface area contributed by atoms with Crippen molar-refractivity contribution in [3.05, 3.63) is 0 Å². The summed E-state index contributed by atoms with van der Waals surface area (Å²) in [5.74, 6) is -1.81. The van der Waals surface area contributed by atoms with Crippen molar-refractivity contribution >= 4 is 0 Å². The van der Waals surface area contributed by atoms with Crippen molar-refractivity contribution in [1.29, 1.82) is 0 Å². The maximum absolute atomic E-state index is 12.5. The van der Waals surface area contributed by atoms with Crippen LogP contribution in [-0.2, 0) is 0 Å². The molecule has 0 radical (unpaired) electrons. The highest BCUT2D eigenvalue weighted by Crippen LogP contribution is 2.30. The summed E-state index contributed by atoms with van der Waals surface area (Å²) in [5, 5.41) is 0. The van der Waals surface area contributed by atoms with E-state index in [0.29, 0.717) is 12.0 Å². The van der Waals surface area contributed by atoms with Gasteiger partial charge in [-0.2, -0.15) is 0 Å². The Labute approximate surface area is 83.4 Å². The highest BCUT2D eigenvalue weighted by molar-refractivity contribution is 4.89. The molecule has 2 N–H and O–H groups in total. The molecule has 0 unspecified atom stereocenters. The number of halogens is 2. The van der Waals surface area contributed by atoms with Gasteiger partial charge < -0.3 is 5.73 Å². The quantitative estimate of drug-likeness (QED) is 0.737. The molecule has 82 valence electrons. The number of hydrogen-bond donors (Lipinski definition) is 1. The van der Waals surface area contributed by atoms with Gasteiger partial charge in [0.25, 0.3) is 5.92 Å². The molecule has 0 amide bonds. The van der Waals surface area contributed by atoms with E-state index in [9.17, 15) is 8.78 Å². The molecular formula is C10H18F2N2. The number of hydrogen-bond acceptors (Lipinski definition) is 2. The standard InChI is InChI=1S/C10H18F2N2/c11-10(12)6-14(7-10)5-8-1-3-9(13)4-2-8/h8-9H,1-7,13H2. The average molecular weight is 204 g/mol. The van der Waals surface area contributed by atoms with Gasteiger partial charge in [-0.05, 0) is 31.6 Å². The smallest absolute Gasteiger partial charge is 0.272 e. The Morgan fingerprint density at radius 2 is 1.71 bits per heavy atom. The van der Waals surface area contributed by atoms with Crippen molar-refractivity contribution in [3.8, 4) is 0 Å². The molecule has 0 aromatic rings. The van der Waals surface area contributed by atoms with Crippen LogP contribution < -0.4 is 5.73 Å². The third kappa shape index (κ3) is 2.42. The fraction of sp³-hybridized carbons (Fsp3) is 1.00. The van der Waals surface area contributed by atoms with Crippen molar-refractivity contribution in [2.45, 2.75) is 37.6 Å². The second kappa shape index (κ2) is 3.74. The zero-order valence-corrected chi connectivity index (χ0v) is 8.38. The van der Waals surface area contributed by atoms with E-state index in [1.807, 2.05) is 4.90 Å². The molecule has 1 saturated heterocycles. The first-order valence-corrected chi connectivity index (χ1v) is 5.41. The average Bonchev–Trinajstić information content (AvgIpc) is 2.06. The molecule has 14 heavy (non-hydrogen) atoms. The lowest BCUT2D eigenvalue weighted by Crippen LogP contribution is -2.57. The van der Waals surface area contributed by atoms with E-state index in [1.165, 1.54) is 0 Å². The maximum atomic E-state index is 12.5. The van der Waals surface area contributed by atoms with Crippen molar-refractivity contribution in [3.63, 3.8) is 0 Å². The number of nitrogens with zero attached hydrogens (tertiary/aromatic N) is 1. The van der Waals surface area contributed by atoms with Crippen LogP contribution in [0, 0.1) is 5.92 Å². The van der Waals surface area contributed by atoms with Crippen LogP contribution in [0.1, 0.15) is 25.7 Å². The van der Waals surface area contributed by atoms with Gasteiger partial charge in [-0.1, -0.05) is 0 Å². The Balaban J connectivity index is 1.67. The predicted octanol–water partition coefficient (Wildman–Crippen LogP) is 1.45. The highest BCUT2D eigenvalue weighted by Gasteiger charge is 2.44. The first-order valence-electron chi connectivity index (χ1n) is 5.41. The second-order valence-electron chi connectivity index (χ2n) is 4.81. The van der Waals surface area contributed by atoms with Crippen LogP contribution in [0.3, 0.4) is 0 Å². The fourth-order valence-corrected chi connectivity index (χ4v) is 2.47. The number of alkyl halides is 2. The summed E-state index contributed by atoms with van der Waals surface area (Å²) in [6.45, 7) is 0.785. The summed E-state index contributed by atoms with van der Waals surface area (Å²) in [6.07, 6.45) is 4.36. The lowest BCUT2D eigenvalue weighted by atomic mass is 9.85. The van der Waals surface area contributed by atoms with E-state index in [1.54, 1.807) is 0 Å². The van der Waals surface area contributed by atoms with Crippen molar-refractivity contribution in [1.82, 2.24) is 4.90 Å². The van der Waals surface area contributed by atoms with Gasteiger partial charge in [-0.25, -0.2) is 8.78 Å². The van der Waals surface area contributed by atoms with Crippen LogP contribution in [0.2, 0.25) is 0 Å². The summed E-state index contributed by atoms with van der Waals surface area (Å²) >= 11 is 0. The first-order chi connectivity index (χ1) is 6.55. The molecule has 4 heteroatoms. The fourth-order valence-electron chi connectivity index (χ4n) is 2.47. The number of likely N-dealkylation sites (tertiary alicyclic amines) is 1. The van der Waals surface area contributed by atoms with Crippen LogP contribution in [-0.4, -0.2) is 36.5 Å². The van der Waals surface area contributed by atoms with E-state index in [0.717, 1.165) is 32.2 Å². The summed E-state index contributed by atoms with van der Waals surface area (Å²) in [6, 6.07) is 0.351. The van der Waals surface area contributed by atoms with Crippen LogP contribution in [0.25, 0.3) is 0 Å². The normalized spacial score (nSPS) is 37.9. The van der Waals surface area contributed by atoms with Gasteiger partial charge in [-0.15, -0.1) is 0 Å². The topological polar surface area (TPSA) is 29.3 Å². The van der Waals surface area contributed by atoms with Gasteiger partial charge in [-0.3, -0.25) is 4.90 Å². The first kappa shape index (κ1) is 10.3. The summed E-state index contributed by atoms with van der Waals surface area (Å²) in [5.41, 5.74) is 5.78. The van der Waals surface area contributed by atoms with E-state index in [-0.39, 0.29) is 13.1 Å². The van der Waals surface area contributed by atoms with Gasteiger partial charge in [0.2, 0.25) is 0 Å². The van der Waals surface area contributed by atoms with Crippen LogP contribution in [0.4, 0.5) is 8.78 Å². The minimum atomic E-state index is -2.41. The summed E-state index contributed by atoms with van der Waals surface area (Å²) < 4.78 is 25.1. The van der Waals surface area contributed by atoms with E-state index in [2.05, 4.69) is 0 Å². The molecule has 2 fully saturated rings. The third-order valence-corrected chi connectivity index (χ3v) is 3.32. The second-order valence-corrected chi connectivity index (χ2v) is 4.81. The van der Waals surface area contributed by atoms with Gasteiger partial charge in [0.1, 0.15) is 0 Å². The Morgan fingerprint density at radius 1 is 1.14 bits per heavy atom. The molecule has 1 aliphatic heterocycles. The lowest BCUT2D eigenvalue weighted by Gasteiger charge is -2.41. The summed E-state index contributed by atoms with van der Waals surface area (Å²) in [7, 11) is 0. The molecular weight excluding hydrogens is 186 g/mol. The number of nitrogens with two attached hydrogens (primary N) is 1. The molecule has 1 saturated carbocycles. The Kier molecular flexibility index (Phi) is 2.75. The Hall–Kier alpha value is -0.220. The van der Waals surface area contributed by atoms with E-state index in [4.69, 9.17) is 5.73 Å². The summed E-state index contributed by atoms with van der Waals surface area (Å²) in [4.78, 5) is 1.86. The lowest BCUT2D eigenvalue weighted by molar-refractivity contribution is -0.135. The molecule has 0 aromatic heterocycles. The Bertz CT molecular complexity index is 192. The zero-order valence-electron chi connectivity index (χ0n) is 8.38. The molecule has 0 bridgehead atoms. The SMILES string of the molecule is NC1CCC(CN2CC(F)(F)C2)CC1. The highest BCUT2D eigenvalue weighted by atomic mass is 19.3. The molecule has 0 atom stereocenters. The van der Waals surface area contributed by atoms with Crippen molar-refractivity contribution < 1.29 is 8.78 Å². The van der Waals surface area contributed by atoms with Crippen molar-refractivity contribution in [2.24, 2.45) is 11.7 Å². The monoisotopic (exact) mass is 204 g/mol. The maximum Gasteiger partial charge on any atom is 0.272 e. The van der Waals surface area contributed by atoms with E-state index >= 15 is 0 Å². The molecule has 1 aliphatic carbocycles. The van der Waals surface area contributed by atoms with Gasteiger partial charge in [0.05, 0.1) is 13.1 Å². The van der Waals surface area contributed by atoms with E-state index < -0.39 is 5.92 Å². The minimum Gasteiger partial charge on any atom is -0.328 e. The molecule has 1 heterocycles. The minimum absolute atomic E-state index is 0.0322.